The van der Waals surface area contributed by atoms with Crippen molar-refractivity contribution in [1.82, 2.24) is 4.57 Å². The quantitative estimate of drug-likeness (QED) is 0.874. The van der Waals surface area contributed by atoms with E-state index in [1.54, 1.807) is 12.1 Å². The van der Waals surface area contributed by atoms with Crippen molar-refractivity contribution in [2.45, 2.75) is 18.4 Å². The van der Waals surface area contributed by atoms with Gasteiger partial charge in [-0.25, -0.2) is 0 Å². The van der Waals surface area contributed by atoms with Crippen LogP contribution >= 0.6 is 0 Å². The molecule has 0 unspecified atom stereocenters. The minimum atomic E-state index is -4.02. The van der Waals surface area contributed by atoms with Crippen molar-refractivity contribution >= 4 is 10.0 Å². The Hall–Kier alpha value is -2.02. The number of hydrogen-bond donors (Lipinski definition) is 0. The molecule has 1 heterocycles. The van der Waals surface area contributed by atoms with Crippen LogP contribution in [-0.2, 0) is 10.0 Å². The first-order valence-electron chi connectivity index (χ1n) is 5.73. The molecule has 0 aliphatic rings. The van der Waals surface area contributed by atoms with E-state index in [9.17, 15) is 17.2 Å². The van der Waals surface area contributed by atoms with Crippen LogP contribution in [0, 0.1) is 6.92 Å². The molecule has 1 aromatic carbocycles. The highest BCUT2D eigenvalue weighted by Gasteiger charge is 2.13. The maximum absolute atomic E-state index is 12.8. The summed E-state index contributed by atoms with van der Waals surface area (Å²) < 4.78 is 53.6. The van der Waals surface area contributed by atoms with Gasteiger partial charge in [-0.2, -0.15) is 17.2 Å². The molecular weight excluding hydrogens is 286 g/mol. The summed E-state index contributed by atoms with van der Waals surface area (Å²) in [4.78, 5) is -0.0345. The molecule has 0 saturated heterocycles. The van der Waals surface area contributed by atoms with Crippen LogP contribution < -0.4 is 5.49 Å². The molecule has 0 fully saturated rings. The van der Waals surface area contributed by atoms with Crippen LogP contribution in [0.2, 0.25) is 0 Å². The number of halogens is 2. The average Bonchev–Trinajstić information content (AvgIpc) is 2.39. The topological polar surface area (TPSA) is 51.4 Å². The van der Waals surface area contributed by atoms with Gasteiger partial charge in [0.05, 0.1) is 4.90 Å². The zero-order valence-corrected chi connectivity index (χ0v) is 11.4. The molecule has 0 bridgehead atoms. The molecule has 0 radical (unpaired) electrons. The first-order chi connectivity index (χ1) is 9.40. The lowest BCUT2D eigenvalue weighted by molar-refractivity contribution is 0.0657. The van der Waals surface area contributed by atoms with Crippen molar-refractivity contribution in [2.24, 2.45) is 4.40 Å². The van der Waals surface area contributed by atoms with Gasteiger partial charge in [0.2, 0.25) is 0 Å². The Kier molecular flexibility index (Phi) is 3.99. The standard InChI is InChI=1S/C13H12F2N2O2S/c1-10-5-7-11(8-6-10)20(18,19)16-12-4-2-3-9-17(12)13(14)15/h2-9,13H,1H3. The first-order valence-corrected chi connectivity index (χ1v) is 7.17. The molecule has 2 rings (SSSR count). The molecule has 0 saturated carbocycles. The molecule has 7 heteroatoms. The number of pyridine rings is 1. The van der Waals surface area contributed by atoms with E-state index < -0.39 is 16.6 Å². The summed E-state index contributed by atoms with van der Waals surface area (Å²) in [6.07, 6.45) is 1.08. The number of alkyl halides is 2. The molecular formula is C13H12F2N2O2S. The van der Waals surface area contributed by atoms with Gasteiger partial charge in [-0.05, 0) is 31.2 Å². The third-order valence-corrected chi connectivity index (χ3v) is 3.91. The minimum absolute atomic E-state index is 0.0345. The van der Waals surface area contributed by atoms with E-state index in [4.69, 9.17) is 0 Å². The summed E-state index contributed by atoms with van der Waals surface area (Å²) in [7, 11) is -4.02. The molecule has 0 amide bonds. The minimum Gasteiger partial charge on any atom is -0.275 e. The highest BCUT2D eigenvalue weighted by Crippen LogP contribution is 2.13. The van der Waals surface area contributed by atoms with Crippen molar-refractivity contribution in [2.75, 3.05) is 0 Å². The van der Waals surface area contributed by atoms with Gasteiger partial charge in [0.15, 0.2) is 0 Å². The van der Waals surface area contributed by atoms with Crippen LogP contribution in [0.15, 0.2) is 58.0 Å². The average molecular weight is 298 g/mol. The van der Waals surface area contributed by atoms with Gasteiger partial charge in [0.25, 0.3) is 10.0 Å². The van der Waals surface area contributed by atoms with E-state index in [-0.39, 0.29) is 10.4 Å². The number of hydrogen-bond acceptors (Lipinski definition) is 2. The highest BCUT2D eigenvalue weighted by atomic mass is 32.2. The molecule has 0 atom stereocenters. The Morgan fingerprint density at radius 1 is 1.10 bits per heavy atom. The van der Waals surface area contributed by atoms with Crippen molar-refractivity contribution < 1.29 is 17.2 Å². The second-order valence-electron chi connectivity index (χ2n) is 4.12. The lowest BCUT2D eigenvalue weighted by atomic mass is 10.2. The van der Waals surface area contributed by atoms with E-state index in [1.807, 2.05) is 6.92 Å². The molecule has 4 nitrogen and oxygen atoms in total. The maximum Gasteiger partial charge on any atom is 0.320 e. The molecule has 20 heavy (non-hydrogen) atoms. The van der Waals surface area contributed by atoms with Crippen LogP contribution in [0.3, 0.4) is 0 Å². The Labute approximate surface area is 115 Å². The predicted molar refractivity (Wildman–Crippen MR) is 69.6 cm³/mol. The largest absolute Gasteiger partial charge is 0.320 e. The highest BCUT2D eigenvalue weighted by molar-refractivity contribution is 7.90. The molecule has 0 spiro atoms. The molecule has 0 aliphatic carbocycles. The van der Waals surface area contributed by atoms with E-state index in [1.165, 1.54) is 30.3 Å². The van der Waals surface area contributed by atoms with Crippen LogP contribution in [0.5, 0.6) is 0 Å². The summed E-state index contributed by atoms with van der Waals surface area (Å²) in [6, 6.07) is 10.1. The van der Waals surface area contributed by atoms with Gasteiger partial charge in [0, 0.05) is 6.20 Å². The SMILES string of the molecule is Cc1ccc(S(=O)(=O)N=c2ccccn2C(F)F)cc1. The monoisotopic (exact) mass is 298 g/mol. The van der Waals surface area contributed by atoms with E-state index in [2.05, 4.69) is 4.40 Å². The Morgan fingerprint density at radius 3 is 2.35 bits per heavy atom. The summed E-state index contributed by atoms with van der Waals surface area (Å²) in [5.41, 5.74) is 0.578. The van der Waals surface area contributed by atoms with Gasteiger partial charge in [0.1, 0.15) is 5.49 Å². The number of nitrogens with zero attached hydrogens (tertiary/aromatic N) is 2. The zero-order valence-electron chi connectivity index (χ0n) is 10.6. The summed E-state index contributed by atoms with van der Waals surface area (Å²) in [5.74, 6) is 0. The Bertz CT molecular complexity index is 765. The van der Waals surface area contributed by atoms with Crippen molar-refractivity contribution in [3.05, 3.63) is 59.7 Å². The van der Waals surface area contributed by atoms with Gasteiger partial charge in [-0.1, -0.05) is 23.8 Å². The van der Waals surface area contributed by atoms with E-state index in [0.717, 1.165) is 11.8 Å². The second kappa shape index (κ2) is 5.54. The smallest absolute Gasteiger partial charge is 0.275 e. The van der Waals surface area contributed by atoms with E-state index >= 15 is 0 Å². The summed E-state index contributed by atoms with van der Waals surface area (Å²) in [6.45, 7) is -1.04. The normalized spacial score (nSPS) is 12.9. The molecule has 0 aliphatic heterocycles. The van der Waals surface area contributed by atoms with Crippen LogP contribution in [0.1, 0.15) is 12.1 Å². The number of rotatable bonds is 3. The van der Waals surface area contributed by atoms with Gasteiger partial charge in [-0.3, -0.25) is 4.57 Å². The predicted octanol–water partition coefficient (Wildman–Crippen LogP) is 2.48. The van der Waals surface area contributed by atoms with Crippen LogP contribution in [0.4, 0.5) is 8.78 Å². The fourth-order valence-electron chi connectivity index (χ4n) is 1.58. The third kappa shape index (κ3) is 3.11. The summed E-state index contributed by atoms with van der Waals surface area (Å²) >= 11 is 0. The second-order valence-corrected chi connectivity index (χ2v) is 5.73. The Morgan fingerprint density at radius 2 is 1.75 bits per heavy atom. The zero-order chi connectivity index (χ0) is 14.8. The van der Waals surface area contributed by atoms with Crippen molar-refractivity contribution in [3.8, 4) is 0 Å². The lowest BCUT2D eigenvalue weighted by Gasteiger charge is -2.05. The molecule has 0 N–H and O–H groups in total. The molecule has 2 aromatic rings. The van der Waals surface area contributed by atoms with Gasteiger partial charge >= 0.3 is 6.55 Å². The maximum atomic E-state index is 12.8. The number of sulfonamides is 1. The molecule has 106 valence electrons. The Balaban J connectivity index is 2.57. The fraction of sp³-hybridized carbons (Fsp3) is 0.154. The van der Waals surface area contributed by atoms with Crippen molar-refractivity contribution in [1.29, 1.82) is 0 Å². The van der Waals surface area contributed by atoms with Crippen molar-refractivity contribution in [3.63, 3.8) is 0 Å². The molecule has 1 aromatic heterocycles. The van der Waals surface area contributed by atoms with Crippen LogP contribution in [-0.4, -0.2) is 13.0 Å². The van der Waals surface area contributed by atoms with Gasteiger partial charge in [-0.15, -0.1) is 4.40 Å². The number of benzene rings is 1. The van der Waals surface area contributed by atoms with Gasteiger partial charge < -0.3 is 0 Å². The summed E-state index contributed by atoms with van der Waals surface area (Å²) in [5, 5.41) is 0. The van der Waals surface area contributed by atoms with E-state index in [0.29, 0.717) is 4.57 Å². The lowest BCUT2D eigenvalue weighted by Crippen LogP contribution is -2.22. The first kappa shape index (κ1) is 14.4. The number of aryl methyl sites for hydroxylation is 1. The fourth-order valence-corrected chi connectivity index (χ4v) is 2.56. The van der Waals surface area contributed by atoms with Crippen LogP contribution in [0.25, 0.3) is 0 Å². The third-order valence-electron chi connectivity index (χ3n) is 2.61. The number of aromatic nitrogens is 1.